The SMILES string of the molecule is Cc1cccc(-n2nc(NCc3ccc(Cl)cc3)cc2-c2ccc3ncsc3c2)n1. The number of pyridine rings is 1. The van der Waals surface area contributed by atoms with E-state index in [0.717, 1.165) is 49.4 Å². The van der Waals surface area contributed by atoms with Crippen LogP contribution >= 0.6 is 22.9 Å². The van der Waals surface area contributed by atoms with Crippen LogP contribution in [-0.4, -0.2) is 19.7 Å². The summed E-state index contributed by atoms with van der Waals surface area (Å²) in [6.07, 6.45) is 0. The molecular formula is C23H18ClN5S. The Morgan fingerprint density at radius 1 is 1.03 bits per heavy atom. The molecule has 7 heteroatoms. The van der Waals surface area contributed by atoms with Gasteiger partial charge in [-0.1, -0.05) is 35.9 Å². The zero-order chi connectivity index (χ0) is 20.5. The number of aromatic nitrogens is 4. The zero-order valence-electron chi connectivity index (χ0n) is 16.2. The minimum Gasteiger partial charge on any atom is -0.364 e. The van der Waals surface area contributed by atoms with Crippen LogP contribution in [0.25, 0.3) is 27.3 Å². The van der Waals surface area contributed by atoms with E-state index >= 15 is 0 Å². The predicted octanol–water partition coefficient (Wildman–Crippen LogP) is 6.12. The van der Waals surface area contributed by atoms with Crippen molar-refractivity contribution in [2.45, 2.75) is 13.5 Å². The van der Waals surface area contributed by atoms with Crippen LogP contribution in [0.1, 0.15) is 11.3 Å². The molecule has 30 heavy (non-hydrogen) atoms. The Balaban J connectivity index is 1.54. The first kappa shape index (κ1) is 18.8. The molecule has 0 unspecified atom stereocenters. The van der Waals surface area contributed by atoms with Gasteiger partial charge in [-0.15, -0.1) is 16.4 Å². The average molecular weight is 432 g/mol. The minimum atomic E-state index is 0.656. The number of rotatable bonds is 5. The van der Waals surface area contributed by atoms with Gasteiger partial charge in [-0.25, -0.2) is 14.6 Å². The molecule has 0 aliphatic carbocycles. The van der Waals surface area contributed by atoms with Gasteiger partial charge in [-0.3, -0.25) is 0 Å². The molecule has 3 heterocycles. The van der Waals surface area contributed by atoms with Gasteiger partial charge in [0.1, 0.15) is 5.82 Å². The summed E-state index contributed by atoms with van der Waals surface area (Å²) < 4.78 is 3.03. The fourth-order valence-electron chi connectivity index (χ4n) is 3.30. The van der Waals surface area contributed by atoms with Gasteiger partial charge in [-0.05, 0) is 48.9 Å². The third-order valence-electron chi connectivity index (χ3n) is 4.81. The van der Waals surface area contributed by atoms with Gasteiger partial charge in [0.2, 0.25) is 0 Å². The summed E-state index contributed by atoms with van der Waals surface area (Å²) in [5.74, 6) is 1.57. The van der Waals surface area contributed by atoms with Crippen LogP contribution in [0.4, 0.5) is 5.82 Å². The van der Waals surface area contributed by atoms with Crippen molar-refractivity contribution in [3.05, 3.63) is 88.5 Å². The monoisotopic (exact) mass is 431 g/mol. The summed E-state index contributed by atoms with van der Waals surface area (Å²) in [4.78, 5) is 9.05. The van der Waals surface area contributed by atoms with Gasteiger partial charge in [0.25, 0.3) is 0 Å². The van der Waals surface area contributed by atoms with Gasteiger partial charge in [0.05, 0.1) is 21.4 Å². The number of hydrogen-bond donors (Lipinski definition) is 1. The fraction of sp³-hybridized carbons (Fsp3) is 0.0870. The molecule has 0 amide bonds. The molecule has 5 rings (SSSR count). The molecule has 0 saturated heterocycles. The van der Waals surface area contributed by atoms with E-state index in [0.29, 0.717) is 6.54 Å². The number of fused-ring (bicyclic) bond motifs is 1. The Kier molecular flexibility index (Phi) is 4.94. The van der Waals surface area contributed by atoms with Gasteiger partial charge >= 0.3 is 0 Å². The second-order valence-corrected chi connectivity index (χ2v) is 8.30. The first-order valence-corrected chi connectivity index (χ1v) is 10.8. The van der Waals surface area contributed by atoms with Crippen LogP contribution in [0, 0.1) is 6.92 Å². The Labute approximate surface area is 183 Å². The van der Waals surface area contributed by atoms with Gasteiger partial charge in [0.15, 0.2) is 5.82 Å². The Hall–Kier alpha value is -3.22. The largest absolute Gasteiger partial charge is 0.364 e. The number of nitrogens with zero attached hydrogens (tertiary/aromatic N) is 4. The molecule has 1 N–H and O–H groups in total. The lowest BCUT2D eigenvalue weighted by molar-refractivity contribution is 0.846. The van der Waals surface area contributed by atoms with E-state index in [1.807, 2.05) is 65.6 Å². The highest BCUT2D eigenvalue weighted by Gasteiger charge is 2.14. The van der Waals surface area contributed by atoms with Crippen molar-refractivity contribution in [2.24, 2.45) is 0 Å². The molecule has 3 aromatic heterocycles. The molecule has 5 nitrogen and oxygen atoms in total. The van der Waals surface area contributed by atoms with Crippen molar-refractivity contribution in [3.63, 3.8) is 0 Å². The number of nitrogens with one attached hydrogen (secondary N) is 1. The Morgan fingerprint density at radius 2 is 1.90 bits per heavy atom. The molecule has 5 aromatic rings. The molecule has 2 aromatic carbocycles. The van der Waals surface area contributed by atoms with E-state index < -0.39 is 0 Å². The molecule has 0 spiro atoms. The quantitative estimate of drug-likeness (QED) is 0.364. The van der Waals surface area contributed by atoms with Crippen molar-refractivity contribution in [1.82, 2.24) is 19.7 Å². The van der Waals surface area contributed by atoms with Crippen LogP contribution in [0.2, 0.25) is 5.02 Å². The van der Waals surface area contributed by atoms with Gasteiger partial charge < -0.3 is 5.32 Å². The summed E-state index contributed by atoms with van der Waals surface area (Å²) in [5.41, 5.74) is 7.00. The molecule has 0 aliphatic heterocycles. The van der Waals surface area contributed by atoms with E-state index in [4.69, 9.17) is 16.7 Å². The standard InChI is InChI=1S/C23H18ClN5S/c1-15-3-2-4-23(27-15)29-20(17-7-10-19-21(11-17)30-14-26-19)12-22(28-29)25-13-16-5-8-18(24)9-6-16/h2-12,14H,13H2,1H3,(H,25,28). The maximum Gasteiger partial charge on any atom is 0.154 e. The third kappa shape index (κ3) is 3.79. The number of hydrogen-bond acceptors (Lipinski definition) is 5. The number of anilines is 1. The highest BCUT2D eigenvalue weighted by Crippen LogP contribution is 2.29. The summed E-state index contributed by atoms with van der Waals surface area (Å²) in [5, 5.41) is 8.95. The topological polar surface area (TPSA) is 55.6 Å². The summed E-state index contributed by atoms with van der Waals surface area (Å²) in [6.45, 7) is 2.64. The van der Waals surface area contributed by atoms with E-state index in [9.17, 15) is 0 Å². The zero-order valence-corrected chi connectivity index (χ0v) is 17.8. The average Bonchev–Trinajstić information content (AvgIpc) is 3.40. The molecule has 0 radical (unpaired) electrons. The number of aryl methyl sites for hydroxylation is 1. The number of halogens is 1. The molecule has 0 atom stereocenters. The van der Waals surface area contributed by atoms with Crippen molar-refractivity contribution < 1.29 is 0 Å². The summed E-state index contributed by atoms with van der Waals surface area (Å²) in [7, 11) is 0. The smallest absolute Gasteiger partial charge is 0.154 e. The predicted molar refractivity (Wildman–Crippen MR) is 123 cm³/mol. The van der Waals surface area contributed by atoms with Crippen LogP contribution in [-0.2, 0) is 6.54 Å². The Morgan fingerprint density at radius 3 is 2.73 bits per heavy atom. The van der Waals surface area contributed by atoms with E-state index in [1.165, 1.54) is 0 Å². The van der Waals surface area contributed by atoms with Crippen LogP contribution in [0.15, 0.2) is 72.2 Å². The van der Waals surface area contributed by atoms with Crippen molar-refractivity contribution >= 4 is 39.0 Å². The Bertz CT molecular complexity index is 1320. The van der Waals surface area contributed by atoms with Gasteiger partial charge in [-0.2, -0.15) is 0 Å². The molecule has 0 bridgehead atoms. The third-order valence-corrected chi connectivity index (χ3v) is 5.86. The maximum atomic E-state index is 5.99. The molecule has 148 valence electrons. The molecule has 0 fully saturated rings. The van der Waals surface area contributed by atoms with Gasteiger partial charge in [0, 0.05) is 28.9 Å². The molecule has 0 aliphatic rings. The van der Waals surface area contributed by atoms with Crippen molar-refractivity contribution in [3.8, 4) is 17.1 Å². The van der Waals surface area contributed by atoms with Crippen LogP contribution in [0.5, 0.6) is 0 Å². The first-order valence-electron chi connectivity index (χ1n) is 9.52. The second-order valence-electron chi connectivity index (χ2n) is 6.98. The van der Waals surface area contributed by atoms with E-state index in [-0.39, 0.29) is 0 Å². The molecule has 0 saturated carbocycles. The maximum absolute atomic E-state index is 5.99. The second kappa shape index (κ2) is 7.89. The van der Waals surface area contributed by atoms with Crippen molar-refractivity contribution in [1.29, 1.82) is 0 Å². The fourth-order valence-corrected chi connectivity index (χ4v) is 4.15. The highest BCUT2D eigenvalue weighted by atomic mass is 35.5. The first-order chi connectivity index (χ1) is 14.7. The number of benzene rings is 2. The lowest BCUT2D eigenvalue weighted by atomic mass is 10.1. The number of thiazole rings is 1. The van der Waals surface area contributed by atoms with Crippen molar-refractivity contribution in [2.75, 3.05) is 5.32 Å². The molecular weight excluding hydrogens is 414 g/mol. The van der Waals surface area contributed by atoms with E-state index in [1.54, 1.807) is 11.3 Å². The lowest BCUT2D eigenvalue weighted by Crippen LogP contribution is -2.04. The summed E-state index contributed by atoms with van der Waals surface area (Å²) in [6, 6.07) is 22.1. The van der Waals surface area contributed by atoms with Crippen LogP contribution < -0.4 is 5.32 Å². The van der Waals surface area contributed by atoms with Crippen LogP contribution in [0.3, 0.4) is 0 Å². The van der Waals surface area contributed by atoms with E-state index in [2.05, 4.69) is 33.5 Å². The normalized spacial score (nSPS) is 11.1. The minimum absolute atomic E-state index is 0.656. The summed E-state index contributed by atoms with van der Waals surface area (Å²) >= 11 is 7.62. The lowest BCUT2D eigenvalue weighted by Gasteiger charge is -2.07. The highest BCUT2D eigenvalue weighted by molar-refractivity contribution is 7.16.